The van der Waals surface area contributed by atoms with Gasteiger partial charge in [-0.15, -0.1) is 0 Å². The number of morpholine rings is 1. The fourth-order valence-electron chi connectivity index (χ4n) is 4.97. The molecule has 12 heteroatoms. The summed E-state index contributed by atoms with van der Waals surface area (Å²) in [6, 6.07) is 5.62. The van der Waals surface area contributed by atoms with Crippen molar-refractivity contribution in [2.75, 3.05) is 54.5 Å². The van der Waals surface area contributed by atoms with E-state index in [2.05, 4.69) is 25.4 Å². The summed E-state index contributed by atoms with van der Waals surface area (Å²) in [5.74, 6) is 0.312. The maximum absolute atomic E-state index is 13.9. The number of carbonyl (C=O) groups excluding carboxylic acids is 1. The number of thiazole rings is 1. The van der Waals surface area contributed by atoms with Gasteiger partial charge in [-0.3, -0.25) is 9.78 Å². The zero-order valence-electron chi connectivity index (χ0n) is 20.6. The number of amides is 1. The van der Waals surface area contributed by atoms with E-state index < -0.39 is 5.72 Å². The van der Waals surface area contributed by atoms with E-state index in [0.717, 1.165) is 48.0 Å². The molecule has 0 bridgehead atoms. The average molecular weight is 523 g/mol. The molecular formula is C25H30N8O3S. The van der Waals surface area contributed by atoms with Crippen LogP contribution in [0, 0.1) is 6.92 Å². The molecule has 3 aliphatic rings. The number of nitrogens with one attached hydrogen (secondary N) is 2. The molecular weight excluding hydrogens is 492 g/mol. The molecule has 2 atom stereocenters. The van der Waals surface area contributed by atoms with Crippen molar-refractivity contribution < 1.29 is 14.3 Å². The first-order valence-corrected chi connectivity index (χ1v) is 13.3. The van der Waals surface area contributed by atoms with Crippen LogP contribution in [0.4, 0.5) is 16.6 Å². The monoisotopic (exact) mass is 522 g/mol. The third-order valence-corrected chi connectivity index (χ3v) is 7.91. The van der Waals surface area contributed by atoms with E-state index in [0.29, 0.717) is 42.5 Å². The average Bonchev–Trinajstić information content (AvgIpc) is 3.57. The third-order valence-electron chi connectivity index (χ3n) is 6.86. The van der Waals surface area contributed by atoms with Gasteiger partial charge < -0.3 is 35.6 Å². The number of nitrogens with zero attached hydrogens (tertiary/aromatic N) is 5. The molecule has 0 radical (unpaired) electrons. The maximum Gasteiger partial charge on any atom is 0.295 e. The van der Waals surface area contributed by atoms with E-state index in [4.69, 9.17) is 25.2 Å². The largest absolute Gasteiger partial charge is 0.461 e. The number of anilines is 3. The van der Waals surface area contributed by atoms with Crippen LogP contribution < -0.4 is 26.2 Å². The first-order chi connectivity index (χ1) is 18.0. The van der Waals surface area contributed by atoms with Crippen molar-refractivity contribution in [2.24, 2.45) is 5.73 Å². The van der Waals surface area contributed by atoms with Gasteiger partial charge >= 0.3 is 0 Å². The third kappa shape index (κ3) is 4.56. The van der Waals surface area contributed by atoms with Crippen molar-refractivity contribution in [1.29, 1.82) is 0 Å². The summed E-state index contributed by atoms with van der Waals surface area (Å²) < 4.78 is 12.3. The SMILES string of the molecule is Cc1cc([C@]2(C(=O)Nc3cc4sc(N5CCOCC5)nc4nc3N3CCCC(N)C3)NC=CO2)ccn1. The first kappa shape index (κ1) is 23.9. The minimum atomic E-state index is -1.41. The zero-order chi connectivity index (χ0) is 25.4. The normalized spacial score (nSPS) is 23.7. The standard InChI is InChI=1S/C25H30N8O3S/c1-16-13-17(4-5-27-16)25(28-6-10-36-25)23(34)29-19-14-20-21(30-22(19)33-7-2-3-18(26)15-33)31-24(37-20)32-8-11-35-12-9-32/h4-6,10,13-14,18,28H,2-3,7-9,11-12,15,26H2,1H3,(H,29,34)/t18?,25-/m0/s1. The second kappa shape index (κ2) is 9.77. The molecule has 0 aliphatic carbocycles. The Morgan fingerprint density at radius 3 is 2.86 bits per heavy atom. The van der Waals surface area contributed by atoms with Crippen LogP contribution in [-0.2, 0) is 20.0 Å². The van der Waals surface area contributed by atoms with E-state index >= 15 is 0 Å². The lowest BCUT2D eigenvalue weighted by molar-refractivity contribution is -0.136. The molecule has 6 heterocycles. The van der Waals surface area contributed by atoms with Crippen LogP contribution in [-0.4, -0.2) is 66.3 Å². The molecule has 3 aromatic rings. The maximum atomic E-state index is 13.9. The Hall–Kier alpha value is -3.48. The molecule has 194 valence electrons. The fourth-order valence-corrected chi connectivity index (χ4v) is 5.97. The minimum Gasteiger partial charge on any atom is -0.461 e. The molecule has 11 nitrogen and oxygen atoms in total. The summed E-state index contributed by atoms with van der Waals surface area (Å²) in [4.78, 5) is 32.3. The summed E-state index contributed by atoms with van der Waals surface area (Å²) in [6.07, 6.45) is 6.70. The number of hydrogen-bond donors (Lipinski definition) is 3. The topological polar surface area (TPSA) is 131 Å². The van der Waals surface area contributed by atoms with Crippen LogP contribution >= 0.6 is 11.3 Å². The molecule has 6 rings (SSSR count). The smallest absolute Gasteiger partial charge is 0.295 e. The quantitative estimate of drug-likeness (QED) is 0.458. The molecule has 3 aromatic heterocycles. The van der Waals surface area contributed by atoms with Crippen LogP contribution in [0.25, 0.3) is 10.3 Å². The lowest BCUT2D eigenvalue weighted by Gasteiger charge is -2.33. The van der Waals surface area contributed by atoms with Crippen LogP contribution in [0.1, 0.15) is 24.1 Å². The lowest BCUT2D eigenvalue weighted by Crippen LogP contribution is -2.49. The van der Waals surface area contributed by atoms with E-state index in [1.807, 2.05) is 19.1 Å². The van der Waals surface area contributed by atoms with Gasteiger partial charge in [-0.1, -0.05) is 11.3 Å². The predicted molar refractivity (Wildman–Crippen MR) is 143 cm³/mol. The molecule has 4 N–H and O–H groups in total. The van der Waals surface area contributed by atoms with Gasteiger partial charge in [0.1, 0.15) is 6.26 Å². The summed E-state index contributed by atoms with van der Waals surface area (Å²) in [5, 5.41) is 7.12. The summed E-state index contributed by atoms with van der Waals surface area (Å²) in [6.45, 7) is 6.29. The molecule has 0 aromatic carbocycles. The van der Waals surface area contributed by atoms with Crippen molar-refractivity contribution in [3.8, 4) is 0 Å². The van der Waals surface area contributed by atoms with Gasteiger partial charge in [0.2, 0.25) is 0 Å². The molecule has 1 unspecified atom stereocenters. The van der Waals surface area contributed by atoms with Gasteiger partial charge in [0.15, 0.2) is 16.6 Å². The highest BCUT2D eigenvalue weighted by molar-refractivity contribution is 7.22. The Balaban J connectivity index is 1.38. The molecule has 0 saturated carbocycles. The van der Waals surface area contributed by atoms with E-state index in [1.54, 1.807) is 29.8 Å². The van der Waals surface area contributed by atoms with Gasteiger partial charge in [0.25, 0.3) is 11.6 Å². The number of ether oxygens (including phenoxy) is 2. The number of piperidine rings is 1. The second-order valence-electron chi connectivity index (χ2n) is 9.51. The number of pyridine rings is 2. The van der Waals surface area contributed by atoms with Crippen LogP contribution in [0.2, 0.25) is 0 Å². The van der Waals surface area contributed by atoms with E-state index in [-0.39, 0.29) is 11.9 Å². The van der Waals surface area contributed by atoms with E-state index in [1.165, 1.54) is 6.26 Å². The summed E-state index contributed by atoms with van der Waals surface area (Å²) in [7, 11) is 0. The summed E-state index contributed by atoms with van der Waals surface area (Å²) >= 11 is 1.57. The van der Waals surface area contributed by atoms with Crippen LogP contribution in [0.3, 0.4) is 0 Å². The Bertz CT molecular complexity index is 1330. The summed E-state index contributed by atoms with van der Waals surface area (Å²) in [5.41, 5.74) is 7.60. The number of aromatic nitrogens is 3. The van der Waals surface area contributed by atoms with Gasteiger partial charge in [-0.2, -0.15) is 4.98 Å². The van der Waals surface area contributed by atoms with Gasteiger partial charge in [0.05, 0.1) is 23.6 Å². The number of carbonyl (C=O) groups is 1. The molecule has 3 aliphatic heterocycles. The number of aryl methyl sites for hydroxylation is 1. The fraction of sp³-hybridized carbons (Fsp3) is 0.440. The van der Waals surface area contributed by atoms with Crippen molar-refractivity contribution in [3.05, 3.63) is 48.1 Å². The van der Waals surface area contributed by atoms with Crippen molar-refractivity contribution in [2.45, 2.75) is 31.5 Å². The van der Waals surface area contributed by atoms with E-state index in [9.17, 15) is 4.79 Å². The number of fused-ring (bicyclic) bond motifs is 1. The Kier molecular flexibility index (Phi) is 6.31. The Labute approximate surface area is 218 Å². The highest BCUT2D eigenvalue weighted by Gasteiger charge is 2.44. The molecule has 1 amide bonds. The van der Waals surface area contributed by atoms with Crippen molar-refractivity contribution >= 4 is 44.2 Å². The van der Waals surface area contributed by atoms with Crippen LogP contribution in [0.15, 0.2) is 36.9 Å². The number of rotatable bonds is 5. The number of nitrogens with two attached hydrogens (primary N) is 1. The van der Waals surface area contributed by atoms with Gasteiger partial charge in [-0.25, -0.2) is 4.98 Å². The van der Waals surface area contributed by atoms with Gasteiger partial charge in [0, 0.05) is 55.9 Å². The molecule has 0 spiro atoms. The highest BCUT2D eigenvalue weighted by atomic mass is 32.1. The van der Waals surface area contributed by atoms with Crippen molar-refractivity contribution in [3.63, 3.8) is 0 Å². The minimum absolute atomic E-state index is 0.0457. The lowest BCUT2D eigenvalue weighted by atomic mass is 10.0. The Morgan fingerprint density at radius 1 is 1.24 bits per heavy atom. The predicted octanol–water partition coefficient (Wildman–Crippen LogP) is 2.04. The number of hydrogen-bond acceptors (Lipinski definition) is 11. The Morgan fingerprint density at radius 2 is 2.11 bits per heavy atom. The highest BCUT2D eigenvalue weighted by Crippen LogP contribution is 2.37. The van der Waals surface area contributed by atoms with Gasteiger partial charge in [-0.05, 0) is 38.0 Å². The molecule has 37 heavy (non-hydrogen) atoms. The van der Waals surface area contributed by atoms with Crippen molar-refractivity contribution in [1.82, 2.24) is 20.3 Å². The molecule has 2 fully saturated rings. The zero-order valence-corrected chi connectivity index (χ0v) is 21.5. The first-order valence-electron chi connectivity index (χ1n) is 12.5. The molecule has 2 saturated heterocycles. The second-order valence-corrected chi connectivity index (χ2v) is 10.5. The van der Waals surface area contributed by atoms with Crippen LogP contribution in [0.5, 0.6) is 0 Å².